The highest BCUT2D eigenvalue weighted by atomic mass is 19.3. The molecule has 6 heteroatoms. The van der Waals surface area contributed by atoms with Crippen LogP contribution in [-0.4, -0.2) is 17.5 Å². The molecule has 0 aliphatic carbocycles. The van der Waals surface area contributed by atoms with Crippen LogP contribution in [0.3, 0.4) is 0 Å². The fourth-order valence-electron chi connectivity index (χ4n) is 0.754. The number of nitrogens with zero attached hydrogens (tertiary/aromatic N) is 1. The van der Waals surface area contributed by atoms with Crippen molar-refractivity contribution in [1.82, 2.24) is 5.16 Å². The van der Waals surface area contributed by atoms with E-state index in [1.165, 1.54) is 0 Å². The standard InChI is InChI=1S/C6H6F2N2O2/c7-5(8)1-4-3(6(9)11)2-12-10-4/h2,5H,1H2,(H2,9,11). The van der Waals surface area contributed by atoms with Crippen LogP contribution in [0.5, 0.6) is 0 Å². The van der Waals surface area contributed by atoms with Crippen LogP contribution in [0.2, 0.25) is 0 Å². The number of carbonyl (C=O) groups is 1. The van der Waals surface area contributed by atoms with Crippen LogP contribution in [0.25, 0.3) is 0 Å². The lowest BCUT2D eigenvalue weighted by molar-refractivity contribution is 0.0997. The molecule has 1 heterocycles. The Labute approximate surface area is 66.3 Å². The van der Waals surface area contributed by atoms with E-state index in [4.69, 9.17) is 5.73 Å². The molecule has 0 unspecified atom stereocenters. The summed E-state index contributed by atoms with van der Waals surface area (Å²) in [5.74, 6) is -0.813. The van der Waals surface area contributed by atoms with Crippen molar-refractivity contribution in [3.05, 3.63) is 17.5 Å². The molecule has 0 fully saturated rings. The molecule has 0 atom stereocenters. The Morgan fingerprint density at radius 3 is 2.92 bits per heavy atom. The Morgan fingerprint density at radius 1 is 1.75 bits per heavy atom. The van der Waals surface area contributed by atoms with Gasteiger partial charge in [0, 0.05) is 0 Å². The number of amides is 1. The largest absolute Gasteiger partial charge is 0.365 e. The lowest BCUT2D eigenvalue weighted by Crippen LogP contribution is -2.13. The Bertz CT molecular complexity index is 285. The minimum absolute atomic E-state index is 0.0877. The van der Waals surface area contributed by atoms with Crippen molar-refractivity contribution < 1.29 is 18.1 Å². The lowest BCUT2D eigenvalue weighted by Gasteiger charge is -1.94. The van der Waals surface area contributed by atoms with E-state index in [0.29, 0.717) is 0 Å². The highest BCUT2D eigenvalue weighted by molar-refractivity contribution is 5.93. The van der Waals surface area contributed by atoms with E-state index in [1.807, 2.05) is 0 Å². The second-order valence-electron chi connectivity index (χ2n) is 2.13. The van der Waals surface area contributed by atoms with E-state index < -0.39 is 18.8 Å². The van der Waals surface area contributed by atoms with Crippen LogP contribution < -0.4 is 5.73 Å². The fraction of sp³-hybridized carbons (Fsp3) is 0.333. The minimum Gasteiger partial charge on any atom is -0.365 e. The lowest BCUT2D eigenvalue weighted by atomic mass is 10.2. The molecule has 1 rings (SSSR count). The number of primary amides is 1. The Kier molecular flexibility index (Phi) is 2.37. The summed E-state index contributed by atoms with van der Waals surface area (Å²) in [6, 6.07) is 0. The van der Waals surface area contributed by atoms with Crippen LogP contribution in [0.4, 0.5) is 8.78 Å². The van der Waals surface area contributed by atoms with Gasteiger partial charge in [0.2, 0.25) is 6.43 Å². The minimum atomic E-state index is -2.56. The predicted molar refractivity (Wildman–Crippen MR) is 34.7 cm³/mol. The summed E-state index contributed by atoms with van der Waals surface area (Å²) in [6.45, 7) is 0. The summed E-state index contributed by atoms with van der Waals surface area (Å²) in [7, 11) is 0. The molecule has 2 N–H and O–H groups in total. The number of nitrogens with two attached hydrogens (primary N) is 1. The zero-order valence-corrected chi connectivity index (χ0v) is 5.96. The molecule has 0 aliphatic heterocycles. The molecule has 4 nitrogen and oxygen atoms in total. The normalized spacial score (nSPS) is 10.6. The number of aromatic nitrogens is 1. The predicted octanol–water partition coefficient (Wildman–Crippen LogP) is 0.581. The van der Waals surface area contributed by atoms with Crippen LogP contribution in [-0.2, 0) is 6.42 Å². The first-order chi connectivity index (χ1) is 5.61. The quantitative estimate of drug-likeness (QED) is 0.732. The van der Waals surface area contributed by atoms with Crippen molar-refractivity contribution in [2.45, 2.75) is 12.8 Å². The van der Waals surface area contributed by atoms with E-state index in [2.05, 4.69) is 9.68 Å². The molecule has 12 heavy (non-hydrogen) atoms. The molecule has 0 aromatic carbocycles. The van der Waals surface area contributed by atoms with Crippen LogP contribution in [0, 0.1) is 0 Å². The molecule has 66 valence electrons. The van der Waals surface area contributed by atoms with Gasteiger partial charge in [0.05, 0.1) is 6.42 Å². The first kappa shape index (κ1) is 8.63. The molecule has 1 amide bonds. The Hall–Kier alpha value is -1.46. The summed E-state index contributed by atoms with van der Waals surface area (Å²) in [6.07, 6.45) is -2.22. The van der Waals surface area contributed by atoms with Gasteiger partial charge in [-0.3, -0.25) is 4.79 Å². The third kappa shape index (κ3) is 1.77. The van der Waals surface area contributed by atoms with Crippen molar-refractivity contribution in [2.75, 3.05) is 0 Å². The molecular weight excluding hydrogens is 170 g/mol. The average Bonchev–Trinajstić information content (AvgIpc) is 2.33. The molecule has 0 bridgehead atoms. The summed E-state index contributed by atoms with van der Waals surface area (Å²) in [4.78, 5) is 10.5. The molecule has 0 spiro atoms. The second kappa shape index (κ2) is 3.29. The first-order valence-electron chi connectivity index (χ1n) is 3.12. The molecular formula is C6H6F2N2O2. The van der Waals surface area contributed by atoms with E-state index in [1.54, 1.807) is 0 Å². The molecule has 0 saturated carbocycles. The van der Waals surface area contributed by atoms with Gasteiger partial charge in [-0.1, -0.05) is 5.16 Å². The van der Waals surface area contributed by atoms with Gasteiger partial charge in [-0.2, -0.15) is 0 Å². The number of hydrogen-bond acceptors (Lipinski definition) is 3. The highest BCUT2D eigenvalue weighted by Crippen LogP contribution is 2.10. The number of halogens is 2. The smallest absolute Gasteiger partial charge is 0.253 e. The zero-order valence-electron chi connectivity index (χ0n) is 5.96. The highest BCUT2D eigenvalue weighted by Gasteiger charge is 2.16. The van der Waals surface area contributed by atoms with Crippen molar-refractivity contribution in [3.63, 3.8) is 0 Å². The number of carbonyl (C=O) groups excluding carboxylic acids is 1. The third-order valence-electron chi connectivity index (χ3n) is 1.26. The van der Waals surface area contributed by atoms with Crippen molar-refractivity contribution in [2.24, 2.45) is 5.73 Å². The van der Waals surface area contributed by atoms with Gasteiger partial charge in [0.1, 0.15) is 17.5 Å². The maximum atomic E-state index is 11.8. The fourth-order valence-corrected chi connectivity index (χ4v) is 0.754. The topological polar surface area (TPSA) is 69.1 Å². The maximum Gasteiger partial charge on any atom is 0.253 e. The van der Waals surface area contributed by atoms with Crippen LogP contribution >= 0.6 is 0 Å². The number of rotatable bonds is 3. The number of hydrogen-bond donors (Lipinski definition) is 1. The molecule has 1 aromatic rings. The molecule has 1 aromatic heterocycles. The summed E-state index contributed by atoms with van der Waals surface area (Å²) < 4.78 is 27.9. The zero-order chi connectivity index (χ0) is 9.14. The van der Waals surface area contributed by atoms with E-state index in [0.717, 1.165) is 6.26 Å². The van der Waals surface area contributed by atoms with Gasteiger partial charge in [0.25, 0.3) is 5.91 Å². The Balaban J connectivity index is 2.84. The molecule has 0 radical (unpaired) electrons. The second-order valence-corrected chi connectivity index (χ2v) is 2.13. The monoisotopic (exact) mass is 176 g/mol. The summed E-state index contributed by atoms with van der Waals surface area (Å²) in [5.41, 5.74) is 4.66. The SMILES string of the molecule is NC(=O)c1conc1CC(F)F. The van der Waals surface area contributed by atoms with Crippen molar-refractivity contribution >= 4 is 5.91 Å². The summed E-state index contributed by atoms with van der Waals surface area (Å²) in [5, 5.41) is 3.22. The van der Waals surface area contributed by atoms with Gasteiger partial charge in [0.15, 0.2) is 0 Å². The van der Waals surface area contributed by atoms with E-state index >= 15 is 0 Å². The van der Waals surface area contributed by atoms with Gasteiger partial charge < -0.3 is 10.3 Å². The maximum absolute atomic E-state index is 11.8. The first-order valence-corrected chi connectivity index (χ1v) is 3.12. The van der Waals surface area contributed by atoms with Crippen LogP contribution in [0.1, 0.15) is 16.1 Å². The van der Waals surface area contributed by atoms with Gasteiger partial charge in [-0.25, -0.2) is 8.78 Å². The van der Waals surface area contributed by atoms with Crippen molar-refractivity contribution in [1.29, 1.82) is 0 Å². The molecule has 0 aliphatic rings. The molecule has 0 saturated heterocycles. The number of alkyl halides is 2. The van der Waals surface area contributed by atoms with Gasteiger partial charge >= 0.3 is 0 Å². The van der Waals surface area contributed by atoms with Crippen molar-refractivity contribution in [3.8, 4) is 0 Å². The Morgan fingerprint density at radius 2 is 2.42 bits per heavy atom. The van der Waals surface area contributed by atoms with Gasteiger partial charge in [-0.15, -0.1) is 0 Å². The van der Waals surface area contributed by atoms with E-state index in [9.17, 15) is 13.6 Å². The van der Waals surface area contributed by atoms with Gasteiger partial charge in [-0.05, 0) is 0 Å². The third-order valence-corrected chi connectivity index (χ3v) is 1.26. The van der Waals surface area contributed by atoms with E-state index in [-0.39, 0.29) is 11.3 Å². The summed E-state index contributed by atoms with van der Waals surface area (Å²) >= 11 is 0. The average molecular weight is 176 g/mol. The van der Waals surface area contributed by atoms with Crippen LogP contribution in [0.15, 0.2) is 10.8 Å².